The first-order valence-corrected chi connectivity index (χ1v) is 6.32. The monoisotopic (exact) mass is 248 g/mol. The Morgan fingerprint density at radius 2 is 2.00 bits per heavy atom. The van der Waals surface area contributed by atoms with Gasteiger partial charge in [-0.15, -0.1) is 0 Å². The number of piperidine rings is 1. The lowest BCUT2D eigenvalue weighted by molar-refractivity contribution is -0.384. The van der Waals surface area contributed by atoms with Gasteiger partial charge in [0.05, 0.1) is 17.1 Å². The van der Waals surface area contributed by atoms with E-state index in [2.05, 4.69) is 4.90 Å². The number of non-ortho nitro benzene ring substituents is 1. The molecule has 5 heteroatoms. The summed E-state index contributed by atoms with van der Waals surface area (Å²) in [6.45, 7) is 2.78. The van der Waals surface area contributed by atoms with Crippen LogP contribution in [-0.2, 0) is 4.74 Å². The summed E-state index contributed by atoms with van der Waals surface area (Å²) in [6.07, 6.45) is 3.39. The maximum Gasteiger partial charge on any atom is 0.269 e. The molecule has 0 amide bonds. The maximum absolute atomic E-state index is 10.6. The lowest BCUT2D eigenvalue weighted by Gasteiger charge is -2.49. The molecule has 96 valence electrons. The van der Waals surface area contributed by atoms with E-state index in [1.54, 1.807) is 12.1 Å². The van der Waals surface area contributed by atoms with Gasteiger partial charge in [-0.2, -0.15) is 0 Å². The summed E-state index contributed by atoms with van der Waals surface area (Å²) in [5.41, 5.74) is 1.25. The summed E-state index contributed by atoms with van der Waals surface area (Å²) in [5.74, 6) is 0. The van der Waals surface area contributed by atoms with Crippen molar-refractivity contribution in [3.63, 3.8) is 0 Å². The number of ether oxygens (including phenoxy) is 1. The van der Waals surface area contributed by atoms with E-state index in [9.17, 15) is 10.1 Å². The Bertz CT molecular complexity index is 454. The van der Waals surface area contributed by atoms with E-state index in [-0.39, 0.29) is 16.2 Å². The Kier molecular flexibility index (Phi) is 2.70. The van der Waals surface area contributed by atoms with Crippen LogP contribution in [0.2, 0.25) is 0 Å². The fraction of sp³-hybridized carbons (Fsp3) is 0.538. The van der Waals surface area contributed by atoms with Gasteiger partial charge in [-0.25, -0.2) is 0 Å². The SMILES string of the molecule is O=[N+]([O-])c1ccc(N2CCC[C@@]3(CCO3)C2)cc1. The van der Waals surface area contributed by atoms with Crippen LogP contribution in [0.1, 0.15) is 19.3 Å². The Balaban J connectivity index is 1.75. The van der Waals surface area contributed by atoms with Gasteiger partial charge in [-0.05, 0) is 25.0 Å². The third kappa shape index (κ3) is 1.95. The van der Waals surface area contributed by atoms with Crippen LogP contribution in [0.25, 0.3) is 0 Å². The largest absolute Gasteiger partial charge is 0.373 e. The summed E-state index contributed by atoms with van der Waals surface area (Å²) in [6, 6.07) is 6.79. The smallest absolute Gasteiger partial charge is 0.269 e. The first-order chi connectivity index (χ1) is 8.69. The normalized spacial score (nSPS) is 27.0. The molecule has 2 heterocycles. The Labute approximate surface area is 106 Å². The van der Waals surface area contributed by atoms with Crippen molar-refractivity contribution in [3.8, 4) is 0 Å². The van der Waals surface area contributed by atoms with Crippen molar-refractivity contribution >= 4 is 11.4 Å². The zero-order valence-corrected chi connectivity index (χ0v) is 10.2. The number of hydrogen-bond donors (Lipinski definition) is 0. The van der Waals surface area contributed by atoms with Crippen LogP contribution >= 0.6 is 0 Å². The molecule has 0 aliphatic carbocycles. The van der Waals surface area contributed by atoms with E-state index in [1.165, 1.54) is 0 Å². The highest BCUT2D eigenvalue weighted by atomic mass is 16.6. The number of nitrogens with zero attached hydrogens (tertiary/aromatic N) is 2. The fourth-order valence-electron chi connectivity index (χ4n) is 2.82. The van der Waals surface area contributed by atoms with Gasteiger partial charge in [0, 0.05) is 37.3 Å². The molecule has 2 fully saturated rings. The number of benzene rings is 1. The highest BCUT2D eigenvalue weighted by Gasteiger charge is 2.42. The first-order valence-electron chi connectivity index (χ1n) is 6.32. The fourth-order valence-corrected chi connectivity index (χ4v) is 2.82. The molecule has 5 nitrogen and oxygen atoms in total. The van der Waals surface area contributed by atoms with Gasteiger partial charge < -0.3 is 9.64 Å². The van der Waals surface area contributed by atoms with Gasteiger partial charge in [-0.1, -0.05) is 0 Å². The van der Waals surface area contributed by atoms with Crippen molar-refractivity contribution in [1.82, 2.24) is 0 Å². The van der Waals surface area contributed by atoms with Gasteiger partial charge in [0.2, 0.25) is 0 Å². The Morgan fingerprint density at radius 3 is 2.56 bits per heavy atom. The summed E-state index contributed by atoms with van der Waals surface area (Å²) >= 11 is 0. The molecule has 0 saturated carbocycles. The first kappa shape index (κ1) is 11.5. The molecule has 1 aromatic carbocycles. The molecule has 0 aromatic heterocycles. The summed E-state index contributed by atoms with van der Waals surface area (Å²) in [7, 11) is 0. The molecular weight excluding hydrogens is 232 g/mol. The second-order valence-corrected chi connectivity index (χ2v) is 5.08. The number of hydrogen-bond acceptors (Lipinski definition) is 4. The minimum atomic E-state index is -0.365. The van der Waals surface area contributed by atoms with E-state index in [0.717, 1.165) is 44.6 Å². The molecule has 0 unspecified atom stereocenters. The van der Waals surface area contributed by atoms with Crippen LogP contribution in [0.5, 0.6) is 0 Å². The minimum Gasteiger partial charge on any atom is -0.373 e. The third-order valence-electron chi connectivity index (χ3n) is 3.93. The van der Waals surface area contributed by atoms with Crippen molar-refractivity contribution in [2.75, 3.05) is 24.6 Å². The van der Waals surface area contributed by atoms with Crippen LogP contribution in [0.3, 0.4) is 0 Å². The van der Waals surface area contributed by atoms with Crippen molar-refractivity contribution in [3.05, 3.63) is 34.4 Å². The second kappa shape index (κ2) is 4.24. The van der Waals surface area contributed by atoms with E-state index < -0.39 is 0 Å². The minimum absolute atomic E-state index is 0.0556. The van der Waals surface area contributed by atoms with Gasteiger partial charge in [0.1, 0.15) is 0 Å². The number of rotatable bonds is 2. The molecule has 1 spiro atoms. The average Bonchev–Trinajstić information content (AvgIpc) is 2.37. The molecule has 1 aromatic rings. The van der Waals surface area contributed by atoms with Gasteiger partial charge >= 0.3 is 0 Å². The molecule has 2 aliphatic heterocycles. The quantitative estimate of drug-likeness (QED) is 0.595. The lowest BCUT2D eigenvalue weighted by Crippen LogP contribution is -2.56. The standard InChI is InChI=1S/C13H16N2O3/c16-15(17)12-4-2-11(3-5-12)14-8-1-6-13(10-14)7-9-18-13/h2-5H,1,6-10H2/t13-/m1/s1. The van der Waals surface area contributed by atoms with Gasteiger partial charge in [0.25, 0.3) is 5.69 Å². The second-order valence-electron chi connectivity index (χ2n) is 5.08. The number of nitro groups is 1. The van der Waals surface area contributed by atoms with Crippen molar-refractivity contribution < 1.29 is 9.66 Å². The summed E-state index contributed by atoms with van der Waals surface area (Å²) in [4.78, 5) is 12.5. The molecule has 3 rings (SSSR count). The Hall–Kier alpha value is -1.62. The summed E-state index contributed by atoms with van der Waals surface area (Å²) in [5, 5.41) is 10.6. The molecule has 0 bridgehead atoms. The molecule has 0 N–H and O–H groups in total. The highest BCUT2D eigenvalue weighted by Crippen LogP contribution is 2.37. The van der Waals surface area contributed by atoms with Gasteiger partial charge in [-0.3, -0.25) is 10.1 Å². The number of anilines is 1. The van der Waals surface area contributed by atoms with Crippen molar-refractivity contribution in [2.45, 2.75) is 24.9 Å². The van der Waals surface area contributed by atoms with E-state index in [4.69, 9.17) is 4.74 Å². The van der Waals surface area contributed by atoms with Crippen LogP contribution < -0.4 is 4.90 Å². The topological polar surface area (TPSA) is 55.6 Å². The average molecular weight is 248 g/mol. The molecule has 18 heavy (non-hydrogen) atoms. The Morgan fingerprint density at radius 1 is 1.28 bits per heavy atom. The third-order valence-corrected chi connectivity index (χ3v) is 3.93. The van der Waals surface area contributed by atoms with E-state index in [0.29, 0.717) is 0 Å². The van der Waals surface area contributed by atoms with Gasteiger partial charge in [0.15, 0.2) is 0 Å². The van der Waals surface area contributed by atoms with Crippen LogP contribution in [0, 0.1) is 10.1 Å². The zero-order chi connectivity index (χ0) is 12.6. The highest BCUT2D eigenvalue weighted by molar-refractivity contribution is 5.51. The molecule has 2 saturated heterocycles. The lowest BCUT2D eigenvalue weighted by atomic mass is 9.85. The molecule has 0 radical (unpaired) electrons. The molecular formula is C13H16N2O3. The molecule has 2 aliphatic rings. The van der Waals surface area contributed by atoms with Crippen LogP contribution in [0.15, 0.2) is 24.3 Å². The predicted molar refractivity (Wildman–Crippen MR) is 67.8 cm³/mol. The van der Waals surface area contributed by atoms with Crippen LogP contribution in [-0.4, -0.2) is 30.2 Å². The van der Waals surface area contributed by atoms with Crippen molar-refractivity contribution in [2.24, 2.45) is 0 Å². The summed E-state index contributed by atoms with van der Waals surface area (Å²) < 4.78 is 5.72. The number of nitro benzene ring substituents is 1. The van der Waals surface area contributed by atoms with Crippen LogP contribution in [0.4, 0.5) is 11.4 Å². The van der Waals surface area contributed by atoms with Crippen molar-refractivity contribution in [1.29, 1.82) is 0 Å². The van der Waals surface area contributed by atoms with E-state index in [1.807, 2.05) is 12.1 Å². The zero-order valence-electron chi connectivity index (χ0n) is 10.2. The molecule has 1 atom stereocenters. The van der Waals surface area contributed by atoms with E-state index >= 15 is 0 Å². The predicted octanol–water partition coefficient (Wildman–Crippen LogP) is 2.35. The maximum atomic E-state index is 10.6.